The first-order chi connectivity index (χ1) is 8.79. The lowest BCUT2D eigenvalue weighted by Crippen LogP contribution is -1.95. The zero-order chi connectivity index (χ0) is 12.8. The van der Waals surface area contributed by atoms with E-state index in [1.54, 1.807) is 6.08 Å². The third-order valence-corrected chi connectivity index (χ3v) is 2.94. The van der Waals surface area contributed by atoms with Crippen molar-refractivity contribution in [1.29, 1.82) is 0 Å². The van der Waals surface area contributed by atoms with Gasteiger partial charge in [0.25, 0.3) is 0 Å². The first-order valence-electron chi connectivity index (χ1n) is 6.21. The fourth-order valence-corrected chi connectivity index (χ4v) is 1.93. The maximum absolute atomic E-state index is 5.39. The Bertz CT molecular complexity index is 554. The van der Waals surface area contributed by atoms with E-state index in [4.69, 9.17) is 4.74 Å². The highest BCUT2D eigenvalue weighted by Gasteiger charge is 1.97. The van der Waals surface area contributed by atoms with Crippen LogP contribution < -0.4 is 0 Å². The van der Waals surface area contributed by atoms with Crippen molar-refractivity contribution in [3.8, 4) is 0 Å². The Morgan fingerprint density at radius 1 is 1.11 bits per heavy atom. The summed E-state index contributed by atoms with van der Waals surface area (Å²) in [6, 6.07) is 15.0. The Morgan fingerprint density at radius 2 is 1.89 bits per heavy atom. The topological polar surface area (TPSA) is 9.23 Å². The molecule has 0 bridgehead atoms. The predicted octanol–water partition coefficient (Wildman–Crippen LogP) is 4.49. The molecule has 1 heteroatoms. The number of aryl methyl sites for hydroxylation is 1. The van der Waals surface area contributed by atoms with Gasteiger partial charge in [-0.15, -0.1) is 0 Å². The molecule has 0 spiro atoms. The molecule has 18 heavy (non-hydrogen) atoms. The first-order valence-corrected chi connectivity index (χ1v) is 6.21. The van der Waals surface area contributed by atoms with Crippen LogP contribution in [0.5, 0.6) is 0 Å². The first kappa shape index (κ1) is 12.4. The second-order valence-electron chi connectivity index (χ2n) is 4.30. The summed E-state index contributed by atoms with van der Waals surface area (Å²) < 4.78 is 5.39. The average molecular weight is 238 g/mol. The van der Waals surface area contributed by atoms with Gasteiger partial charge in [0, 0.05) is 0 Å². The van der Waals surface area contributed by atoms with Gasteiger partial charge in [0.05, 0.1) is 6.61 Å². The molecule has 0 aliphatic heterocycles. The van der Waals surface area contributed by atoms with Crippen LogP contribution in [0.3, 0.4) is 0 Å². The largest absolute Gasteiger partial charge is 0.494 e. The molecule has 0 aliphatic rings. The summed E-state index contributed by atoms with van der Waals surface area (Å²) in [7, 11) is 0. The number of hydrogen-bond acceptors (Lipinski definition) is 1. The third-order valence-electron chi connectivity index (χ3n) is 2.94. The molecule has 2 aromatic carbocycles. The zero-order valence-electron chi connectivity index (χ0n) is 10.6. The van der Waals surface area contributed by atoms with Crippen LogP contribution in [0.4, 0.5) is 0 Å². The summed E-state index contributed by atoms with van der Waals surface area (Å²) in [5, 5.41) is 2.59. The average Bonchev–Trinajstić information content (AvgIpc) is 2.43. The molecular formula is C17H18O. The number of ether oxygens (including phenoxy) is 1. The van der Waals surface area contributed by atoms with Gasteiger partial charge < -0.3 is 4.74 Å². The van der Waals surface area contributed by atoms with Gasteiger partial charge in [-0.3, -0.25) is 0 Å². The molecule has 0 saturated carbocycles. The number of rotatable bonds is 6. The normalized spacial score (nSPS) is 10.2. The van der Waals surface area contributed by atoms with Gasteiger partial charge in [-0.05, 0) is 35.3 Å². The molecule has 0 aliphatic carbocycles. The fourth-order valence-electron chi connectivity index (χ4n) is 1.93. The van der Waals surface area contributed by atoms with Gasteiger partial charge in [0.15, 0.2) is 0 Å². The van der Waals surface area contributed by atoms with Gasteiger partial charge in [-0.25, -0.2) is 0 Å². The van der Waals surface area contributed by atoms with Gasteiger partial charge >= 0.3 is 0 Å². The van der Waals surface area contributed by atoms with Crippen molar-refractivity contribution in [2.45, 2.75) is 12.8 Å². The molecule has 0 heterocycles. The molecule has 0 fully saturated rings. The molecule has 1 nitrogen and oxygen atoms in total. The van der Waals surface area contributed by atoms with Gasteiger partial charge in [0.2, 0.25) is 0 Å². The second kappa shape index (κ2) is 6.06. The smallest absolute Gasteiger partial charge is 0.111 e. The summed E-state index contributed by atoms with van der Waals surface area (Å²) in [4.78, 5) is 0. The van der Waals surface area contributed by atoms with E-state index in [-0.39, 0.29) is 0 Å². The summed E-state index contributed by atoms with van der Waals surface area (Å²) in [5.74, 6) is 0.647. The summed E-state index contributed by atoms with van der Waals surface area (Å²) in [5.41, 5.74) is 1.35. The zero-order valence-corrected chi connectivity index (χ0v) is 10.6. The molecule has 0 unspecified atom stereocenters. The Kier molecular flexibility index (Phi) is 4.19. The Morgan fingerprint density at radius 3 is 2.67 bits per heavy atom. The molecule has 2 aromatic rings. The maximum atomic E-state index is 5.39. The quantitative estimate of drug-likeness (QED) is 0.409. The number of benzene rings is 2. The van der Waals surface area contributed by atoms with Crippen LogP contribution in [0, 0.1) is 0 Å². The van der Waals surface area contributed by atoms with Crippen LogP contribution in [0.25, 0.3) is 10.8 Å². The van der Waals surface area contributed by atoms with Gasteiger partial charge in [-0.1, -0.05) is 55.6 Å². The Balaban J connectivity index is 1.91. The standard InChI is InChI=1S/C17H18O/c1-3-14(2)18-12-6-7-15-10-11-16-8-4-5-9-17(16)13-15/h3-5,8-11,13H,1-2,6-7,12H2. The molecule has 0 atom stereocenters. The molecule has 0 radical (unpaired) electrons. The van der Waals surface area contributed by atoms with Crippen LogP contribution in [0.15, 0.2) is 67.5 Å². The fraction of sp³-hybridized carbons (Fsp3) is 0.176. The molecular weight excluding hydrogens is 220 g/mol. The minimum Gasteiger partial charge on any atom is -0.494 e. The van der Waals surface area contributed by atoms with E-state index in [1.807, 2.05) is 0 Å². The van der Waals surface area contributed by atoms with Crippen molar-refractivity contribution in [3.05, 3.63) is 73.0 Å². The SMILES string of the molecule is C=CC(=C)OCCCc1ccc2ccccc2c1. The van der Waals surface area contributed by atoms with Gasteiger partial charge in [-0.2, -0.15) is 0 Å². The van der Waals surface area contributed by atoms with Gasteiger partial charge in [0.1, 0.15) is 5.76 Å². The van der Waals surface area contributed by atoms with E-state index in [9.17, 15) is 0 Å². The monoisotopic (exact) mass is 238 g/mol. The lowest BCUT2D eigenvalue weighted by molar-refractivity contribution is 0.222. The summed E-state index contributed by atoms with van der Waals surface area (Å²) >= 11 is 0. The molecule has 0 aromatic heterocycles. The minimum atomic E-state index is 0.647. The van der Waals surface area contributed by atoms with Crippen molar-refractivity contribution in [2.75, 3.05) is 6.61 Å². The van der Waals surface area contributed by atoms with Crippen molar-refractivity contribution >= 4 is 10.8 Å². The van der Waals surface area contributed by atoms with Crippen LogP contribution >= 0.6 is 0 Å². The van der Waals surface area contributed by atoms with Crippen molar-refractivity contribution in [1.82, 2.24) is 0 Å². The lowest BCUT2D eigenvalue weighted by Gasteiger charge is -2.06. The molecule has 92 valence electrons. The lowest BCUT2D eigenvalue weighted by atomic mass is 10.0. The molecule has 2 rings (SSSR count). The Hall–Kier alpha value is -2.02. The maximum Gasteiger partial charge on any atom is 0.111 e. The Labute approximate surface area is 108 Å². The van der Waals surface area contributed by atoms with Crippen molar-refractivity contribution < 1.29 is 4.74 Å². The van der Waals surface area contributed by atoms with E-state index in [0.29, 0.717) is 12.4 Å². The number of fused-ring (bicyclic) bond motifs is 1. The number of allylic oxidation sites excluding steroid dienone is 1. The molecule has 0 N–H and O–H groups in total. The molecule has 0 saturated heterocycles. The van der Waals surface area contributed by atoms with E-state index >= 15 is 0 Å². The van der Waals surface area contributed by atoms with Crippen LogP contribution in [0.2, 0.25) is 0 Å². The summed E-state index contributed by atoms with van der Waals surface area (Å²) in [6.45, 7) is 8.02. The predicted molar refractivity (Wildman–Crippen MR) is 77.6 cm³/mol. The van der Waals surface area contributed by atoms with E-state index in [1.165, 1.54) is 16.3 Å². The second-order valence-corrected chi connectivity index (χ2v) is 4.30. The highest BCUT2D eigenvalue weighted by atomic mass is 16.5. The summed E-state index contributed by atoms with van der Waals surface area (Å²) in [6.07, 6.45) is 3.65. The van der Waals surface area contributed by atoms with E-state index < -0.39 is 0 Å². The minimum absolute atomic E-state index is 0.647. The molecule has 0 amide bonds. The highest BCUT2D eigenvalue weighted by Crippen LogP contribution is 2.16. The van der Waals surface area contributed by atoms with E-state index in [2.05, 4.69) is 55.6 Å². The van der Waals surface area contributed by atoms with Crippen molar-refractivity contribution in [2.24, 2.45) is 0 Å². The third kappa shape index (κ3) is 3.24. The number of hydrogen-bond donors (Lipinski definition) is 0. The van der Waals surface area contributed by atoms with Crippen molar-refractivity contribution in [3.63, 3.8) is 0 Å². The van der Waals surface area contributed by atoms with E-state index in [0.717, 1.165) is 12.8 Å². The van der Waals surface area contributed by atoms with Crippen LogP contribution in [0.1, 0.15) is 12.0 Å². The highest BCUT2D eigenvalue weighted by molar-refractivity contribution is 5.82. The van der Waals surface area contributed by atoms with Crippen LogP contribution in [-0.4, -0.2) is 6.61 Å². The van der Waals surface area contributed by atoms with Crippen LogP contribution in [-0.2, 0) is 11.2 Å².